The van der Waals surface area contributed by atoms with Crippen LogP contribution in [0.15, 0.2) is 24.0 Å². The molecule has 0 aromatic heterocycles. The molecule has 2 aliphatic heterocycles. The molecule has 27 heavy (non-hydrogen) atoms. The number of hydrogen-bond acceptors (Lipinski definition) is 6. The Morgan fingerprint density at radius 2 is 2.11 bits per heavy atom. The Balaban J connectivity index is 2.10. The van der Waals surface area contributed by atoms with Gasteiger partial charge in [-0.3, -0.25) is 0 Å². The molecule has 3 rings (SSSR count). The van der Waals surface area contributed by atoms with Crippen molar-refractivity contribution in [3.05, 3.63) is 35.1 Å². The van der Waals surface area contributed by atoms with Crippen LogP contribution in [0.3, 0.4) is 0 Å². The summed E-state index contributed by atoms with van der Waals surface area (Å²) in [7, 11) is 1.60. The molecule has 0 radical (unpaired) electrons. The maximum atomic E-state index is 12.2. The third kappa shape index (κ3) is 3.54. The number of allylic oxidation sites excluding steroid dienone is 3. The summed E-state index contributed by atoms with van der Waals surface area (Å²) < 4.78 is 22.6. The van der Waals surface area contributed by atoms with E-state index in [1.54, 1.807) is 40.0 Å². The molecule has 0 spiro atoms. The normalized spacial score (nSPS) is 19.6. The molecule has 1 aromatic rings. The van der Waals surface area contributed by atoms with Crippen LogP contribution in [0.4, 0.5) is 0 Å². The summed E-state index contributed by atoms with van der Waals surface area (Å²) in [5.41, 5.74) is 1.52. The zero-order valence-electron chi connectivity index (χ0n) is 16.4. The van der Waals surface area contributed by atoms with Crippen molar-refractivity contribution < 1.29 is 28.8 Å². The lowest BCUT2D eigenvalue weighted by molar-refractivity contribution is -0.141. The van der Waals surface area contributed by atoms with E-state index in [2.05, 4.69) is 0 Å². The van der Waals surface area contributed by atoms with Gasteiger partial charge in [-0.1, -0.05) is 13.0 Å². The Morgan fingerprint density at radius 1 is 1.37 bits per heavy atom. The average Bonchev–Trinajstić information content (AvgIpc) is 3.04. The Morgan fingerprint density at radius 3 is 2.70 bits per heavy atom. The summed E-state index contributed by atoms with van der Waals surface area (Å²) in [5.74, 6) is 1.34. The summed E-state index contributed by atoms with van der Waals surface area (Å²) >= 11 is 0. The van der Waals surface area contributed by atoms with E-state index < -0.39 is 11.6 Å². The largest absolute Gasteiger partial charge is 0.496 e. The lowest BCUT2D eigenvalue weighted by Gasteiger charge is -2.24. The van der Waals surface area contributed by atoms with Gasteiger partial charge in [0.05, 0.1) is 24.9 Å². The topological polar surface area (TPSA) is 74.2 Å². The molecule has 1 atom stereocenters. The Hall–Kier alpha value is -2.47. The molecule has 2 aliphatic rings. The van der Waals surface area contributed by atoms with Gasteiger partial charge in [-0.15, -0.1) is 0 Å². The van der Waals surface area contributed by atoms with Crippen LogP contribution in [0.5, 0.6) is 17.2 Å². The van der Waals surface area contributed by atoms with Crippen molar-refractivity contribution in [1.29, 1.82) is 0 Å². The number of methoxy groups -OCH3 is 1. The number of carbonyl (C=O) groups excluding carboxylic acids is 1. The highest BCUT2D eigenvalue weighted by atomic mass is 16.6. The van der Waals surface area contributed by atoms with E-state index in [4.69, 9.17) is 18.9 Å². The molecule has 146 valence electrons. The van der Waals surface area contributed by atoms with E-state index in [0.29, 0.717) is 23.7 Å². The van der Waals surface area contributed by atoms with Crippen LogP contribution in [0.25, 0.3) is 5.57 Å². The fourth-order valence-electron chi connectivity index (χ4n) is 3.35. The van der Waals surface area contributed by atoms with Gasteiger partial charge in [0, 0.05) is 18.1 Å². The van der Waals surface area contributed by atoms with Crippen LogP contribution in [-0.2, 0) is 16.0 Å². The van der Waals surface area contributed by atoms with Crippen molar-refractivity contribution >= 4 is 11.5 Å². The number of hydrogen-bond donors (Lipinski definition) is 1. The predicted molar refractivity (Wildman–Crippen MR) is 101 cm³/mol. The summed E-state index contributed by atoms with van der Waals surface area (Å²) in [6, 6.07) is 1.76. The van der Waals surface area contributed by atoms with Crippen molar-refractivity contribution in [2.45, 2.75) is 52.2 Å². The van der Waals surface area contributed by atoms with E-state index >= 15 is 0 Å². The summed E-state index contributed by atoms with van der Waals surface area (Å²) in [5, 5.41) is 10.3. The van der Waals surface area contributed by atoms with Crippen LogP contribution < -0.4 is 14.2 Å². The minimum atomic E-state index is -0.998. The lowest BCUT2D eigenvalue weighted by Crippen LogP contribution is -2.39. The van der Waals surface area contributed by atoms with E-state index in [-0.39, 0.29) is 18.5 Å². The number of carbonyl (C=O) groups is 1. The SMILES string of the molecule is CCC=C1C=C(C(=O)OCC)Oc2cc3c(c(OC)c21)C[C@@H](C(C)(C)O)O3. The number of rotatable bonds is 5. The molecule has 6 nitrogen and oxygen atoms in total. The van der Waals surface area contributed by atoms with Gasteiger partial charge in [0.15, 0.2) is 0 Å². The summed E-state index contributed by atoms with van der Waals surface area (Å²) in [6.45, 7) is 7.47. The quantitative estimate of drug-likeness (QED) is 0.796. The first kappa shape index (κ1) is 19.3. The number of aliphatic hydroxyl groups is 1. The van der Waals surface area contributed by atoms with Crippen molar-refractivity contribution in [3.8, 4) is 17.2 Å². The predicted octanol–water partition coefficient (Wildman–Crippen LogP) is 3.40. The zero-order chi connectivity index (χ0) is 19.8. The van der Waals surface area contributed by atoms with Gasteiger partial charge in [-0.25, -0.2) is 4.79 Å². The molecular weight excluding hydrogens is 348 g/mol. The first-order chi connectivity index (χ1) is 12.8. The van der Waals surface area contributed by atoms with Crippen molar-refractivity contribution in [1.82, 2.24) is 0 Å². The van der Waals surface area contributed by atoms with Crippen molar-refractivity contribution in [2.24, 2.45) is 0 Å². The molecule has 0 bridgehead atoms. The fourth-order valence-corrected chi connectivity index (χ4v) is 3.35. The highest BCUT2D eigenvalue weighted by Crippen LogP contribution is 2.50. The number of ether oxygens (including phenoxy) is 4. The fraction of sp³-hybridized carbons (Fsp3) is 0.476. The molecule has 6 heteroatoms. The monoisotopic (exact) mass is 374 g/mol. The van der Waals surface area contributed by atoms with Gasteiger partial charge in [-0.2, -0.15) is 0 Å². The molecule has 0 fully saturated rings. The first-order valence-corrected chi connectivity index (χ1v) is 9.20. The van der Waals surface area contributed by atoms with E-state index in [1.807, 2.05) is 13.0 Å². The second kappa shape index (κ2) is 7.27. The van der Waals surface area contributed by atoms with Crippen LogP contribution >= 0.6 is 0 Å². The van der Waals surface area contributed by atoms with Gasteiger partial charge in [0.25, 0.3) is 0 Å². The van der Waals surface area contributed by atoms with Crippen molar-refractivity contribution in [3.63, 3.8) is 0 Å². The zero-order valence-corrected chi connectivity index (χ0v) is 16.4. The highest BCUT2D eigenvalue weighted by molar-refractivity contribution is 5.95. The molecule has 2 heterocycles. The van der Waals surface area contributed by atoms with Crippen LogP contribution in [-0.4, -0.2) is 36.5 Å². The van der Waals surface area contributed by atoms with Gasteiger partial charge < -0.3 is 24.1 Å². The maximum absolute atomic E-state index is 12.2. The molecule has 1 N–H and O–H groups in total. The molecule has 0 aliphatic carbocycles. The second-order valence-corrected chi connectivity index (χ2v) is 7.12. The second-order valence-electron chi connectivity index (χ2n) is 7.12. The minimum absolute atomic E-state index is 0.128. The highest BCUT2D eigenvalue weighted by Gasteiger charge is 2.39. The smallest absolute Gasteiger partial charge is 0.374 e. The molecular formula is C21H26O6. The molecule has 0 unspecified atom stereocenters. The van der Waals surface area contributed by atoms with Gasteiger partial charge >= 0.3 is 5.97 Å². The molecule has 0 saturated carbocycles. The van der Waals surface area contributed by atoms with Crippen LogP contribution in [0, 0.1) is 0 Å². The van der Waals surface area contributed by atoms with Crippen molar-refractivity contribution in [2.75, 3.05) is 13.7 Å². The number of esters is 1. The average molecular weight is 374 g/mol. The molecule has 0 saturated heterocycles. The number of fused-ring (bicyclic) bond motifs is 2. The number of benzene rings is 1. The first-order valence-electron chi connectivity index (χ1n) is 9.20. The lowest BCUT2D eigenvalue weighted by atomic mass is 9.92. The summed E-state index contributed by atoms with van der Waals surface area (Å²) in [4.78, 5) is 12.2. The molecule has 0 amide bonds. The van der Waals surface area contributed by atoms with Gasteiger partial charge in [0.2, 0.25) is 5.76 Å². The van der Waals surface area contributed by atoms with E-state index in [0.717, 1.165) is 23.1 Å². The van der Waals surface area contributed by atoms with Gasteiger partial charge in [0.1, 0.15) is 23.4 Å². The van der Waals surface area contributed by atoms with Crippen LogP contribution in [0.2, 0.25) is 0 Å². The maximum Gasteiger partial charge on any atom is 0.374 e. The Kier molecular flexibility index (Phi) is 5.20. The van der Waals surface area contributed by atoms with E-state index in [1.165, 1.54) is 0 Å². The minimum Gasteiger partial charge on any atom is -0.496 e. The summed E-state index contributed by atoms with van der Waals surface area (Å²) in [6.07, 6.45) is 4.62. The third-order valence-corrected chi connectivity index (χ3v) is 4.65. The standard InChI is InChI=1S/C21H26O6/c1-6-8-12-9-16(20(22)25-7-2)26-15-11-14-13(19(24-5)18(12)15)10-17(27-14)21(3,4)23/h8-9,11,17,23H,6-7,10H2,1-5H3/t17-/m0/s1. The van der Waals surface area contributed by atoms with E-state index in [9.17, 15) is 9.90 Å². The van der Waals surface area contributed by atoms with Crippen LogP contribution in [0.1, 0.15) is 45.2 Å². The third-order valence-electron chi connectivity index (χ3n) is 4.65. The Bertz CT molecular complexity index is 813. The van der Waals surface area contributed by atoms with Gasteiger partial charge in [-0.05, 0) is 38.8 Å². The molecule has 1 aromatic carbocycles. The Labute approximate surface area is 159 Å².